The number of nitrogens with zero attached hydrogens (tertiary/aromatic N) is 18. The molecular weight excluding hydrogens is 1460 g/mol. The number of unbranched alkanes of at least 4 members (excludes halogenated alkanes) is 2. The van der Waals surface area contributed by atoms with E-state index >= 15 is 0 Å². The van der Waals surface area contributed by atoms with Crippen molar-refractivity contribution < 1.29 is 85.1 Å². The molecule has 0 spiro atoms. The van der Waals surface area contributed by atoms with E-state index in [2.05, 4.69) is 79.9 Å². The Kier molecular flexibility index (Phi) is 36.5. The first kappa shape index (κ1) is 89.4. The van der Waals surface area contributed by atoms with Gasteiger partial charge in [0.2, 0.25) is 17.4 Å². The van der Waals surface area contributed by atoms with Gasteiger partial charge in [-0.2, -0.15) is 28.9 Å². The zero-order chi connectivity index (χ0) is 76.2. The van der Waals surface area contributed by atoms with Crippen molar-refractivity contribution in [1.82, 2.24) is 9.13 Å². The van der Waals surface area contributed by atoms with Crippen LogP contribution in [0.5, 0.6) is 40.5 Å². The minimum Gasteiger partial charge on any atom is -0.506 e. The summed E-state index contributed by atoms with van der Waals surface area (Å²) in [6.45, 7) is 33.4. The third kappa shape index (κ3) is 23.4. The number of rotatable bonds is 25. The molecule has 0 fully saturated rings. The van der Waals surface area contributed by atoms with Gasteiger partial charge in [-0.3, -0.25) is 49.1 Å². The van der Waals surface area contributed by atoms with Crippen molar-refractivity contribution in [2.75, 3.05) is 43.1 Å². The van der Waals surface area contributed by atoms with Gasteiger partial charge < -0.3 is 45.2 Å². The Morgan fingerprint density at radius 3 is 1.39 bits per heavy atom. The van der Waals surface area contributed by atoms with Gasteiger partial charge in [0.1, 0.15) is 80.2 Å². The summed E-state index contributed by atoms with van der Waals surface area (Å²) in [5, 5.41) is 133. The third-order valence-electron chi connectivity index (χ3n) is 15.2. The fourth-order valence-electron chi connectivity index (χ4n) is 9.45. The van der Waals surface area contributed by atoms with Crippen molar-refractivity contribution in [3.63, 3.8) is 0 Å². The van der Waals surface area contributed by atoms with Crippen LogP contribution in [0.15, 0.2) is 171 Å². The van der Waals surface area contributed by atoms with E-state index in [0.29, 0.717) is 36.2 Å². The molecule has 33 nitrogen and oxygen atoms in total. The molecule has 0 saturated heterocycles. The molecule has 0 saturated carbocycles. The molecule has 0 bridgehead atoms. The van der Waals surface area contributed by atoms with Crippen molar-refractivity contribution >= 4 is 91.2 Å². The molecule has 8 rings (SSSR count). The fraction of sp³-hybridized carbons (Fsp3) is 0.282. The third-order valence-corrected chi connectivity index (χ3v) is 15.2. The maximum Gasteiger partial charge on any atom is 0.271 e. The molecule has 0 aliphatic heterocycles. The standard InChI is InChI=1S/C19H20N5O4.C19H19N5O3.2C16H18N4O4.CH4.2Co.H2/c1-5-6-9-23-18(25)15(11-20)13(3)17(19(23)28-4)22-21-16-10-14(24(26)27)8-7-12(16)2;1-5-7-10-24-18(26)16(20-4)12(3)17(19(24)27)23-22-14-11-13(21-6-2)8-9-15(14)25;2*1-3-19(4-2)11-5-7-13(16(22)10-11)17-18-14-9-12(20(23)24)6-8-15(14)21;;;;/h7-8,10H,2,5-6,9H2,1,3-4H3;8-9,11,25,27H,2,5,7,10H2,1,3H3;2*5-10,21-22H,3-4H2,1-2H3;1H4;;;1H/q-1;;;;;;;/i;;;;;;;1+1. The molecule has 106 heavy (non-hydrogen) atoms. The van der Waals surface area contributed by atoms with Crippen LogP contribution in [0, 0.1) is 69.0 Å². The average Bonchev–Trinajstić information content (AvgIpc) is 0.785. The average molecular weight is 1550 g/mol. The number of benzene rings is 6. The van der Waals surface area contributed by atoms with E-state index in [0.717, 1.165) is 67.1 Å². The number of aromatic hydroxyl groups is 6. The number of phenolic OH excluding ortho intramolecular Hbond substituents is 5. The number of hydrogen-bond donors (Lipinski definition) is 6. The Hall–Kier alpha value is -12.7. The summed E-state index contributed by atoms with van der Waals surface area (Å²) in [6, 6.07) is 27.2. The van der Waals surface area contributed by atoms with E-state index in [1.807, 2.05) is 47.6 Å². The Balaban J connectivity index is 0.000000706. The number of anilines is 2. The maximum absolute atomic E-state index is 12.6. The largest absolute Gasteiger partial charge is 0.506 e. The Bertz CT molecular complexity index is 4700. The molecule has 0 aliphatic carbocycles. The molecule has 2 radical (unpaired) electrons. The minimum absolute atomic E-state index is 0. The molecule has 0 aliphatic rings. The van der Waals surface area contributed by atoms with Crippen LogP contribution in [0.4, 0.5) is 85.3 Å². The van der Waals surface area contributed by atoms with Gasteiger partial charge >= 0.3 is 0 Å². The number of aliphatic imine (C=N–C) groups is 1. The quantitative estimate of drug-likeness (QED) is 0.0102. The van der Waals surface area contributed by atoms with Crippen molar-refractivity contribution in [3.05, 3.63) is 207 Å². The number of nitro benzene ring substituents is 3. The van der Waals surface area contributed by atoms with Gasteiger partial charge in [-0.05, 0) is 145 Å². The van der Waals surface area contributed by atoms with Crippen LogP contribution >= 0.6 is 0 Å². The number of phenols is 5. The number of nitro groups is 3. The second-order valence-corrected chi connectivity index (χ2v) is 21.7. The molecular formula is C71H81Co2N18O15-. The van der Waals surface area contributed by atoms with Gasteiger partial charge in [0.15, 0.2) is 0 Å². The summed E-state index contributed by atoms with van der Waals surface area (Å²) in [5.74, 6) is 1.49. The van der Waals surface area contributed by atoms with Crippen molar-refractivity contribution in [3.8, 4) is 46.6 Å². The summed E-state index contributed by atoms with van der Waals surface area (Å²) in [4.78, 5) is 67.1. The van der Waals surface area contributed by atoms with Gasteiger partial charge in [-0.25, -0.2) is 15.0 Å². The first-order valence-corrected chi connectivity index (χ1v) is 31.7. The normalized spacial score (nSPS) is 10.5. The van der Waals surface area contributed by atoms with E-state index < -0.39 is 25.9 Å². The predicted octanol–water partition coefficient (Wildman–Crippen LogP) is 18.6. The summed E-state index contributed by atoms with van der Waals surface area (Å²) < 4.78 is 7.88. The molecule has 6 aromatic carbocycles. The minimum atomic E-state index is -0.588. The van der Waals surface area contributed by atoms with Crippen LogP contribution in [0.3, 0.4) is 0 Å². The Morgan fingerprint density at radius 2 is 0.972 bits per heavy atom. The molecule has 35 heteroatoms. The van der Waals surface area contributed by atoms with Crippen LogP contribution in [-0.4, -0.2) is 93.7 Å². The van der Waals surface area contributed by atoms with Crippen LogP contribution in [0.1, 0.15) is 98.3 Å². The van der Waals surface area contributed by atoms with Crippen LogP contribution in [0.2, 0.25) is 0 Å². The smallest absolute Gasteiger partial charge is 0.271 e. The number of methoxy groups -OCH3 is 1. The van der Waals surface area contributed by atoms with Gasteiger partial charge in [-0.1, -0.05) is 34.1 Å². The molecule has 0 atom stereocenters. The topological polar surface area (TPSA) is 450 Å². The number of aromatic nitrogens is 2. The number of pyridine rings is 2. The van der Waals surface area contributed by atoms with E-state index in [4.69, 9.17) is 11.3 Å². The van der Waals surface area contributed by atoms with Crippen molar-refractivity contribution in [2.45, 2.75) is 102 Å². The number of hydrogen-bond acceptors (Lipinski definition) is 27. The first-order valence-electron chi connectivity index (χ1n) is 31.7. The molecule has 2 heterocycles. The number of azo groups is 4. The molecule has 0 amide bonds. The van der Waals surface area contributed by atoms with E-state index in [1.54, 1.807) is 49.4 Å². The molecule has 564 valence electrons. The monoisotopic (exact) mass is 1540 g/mol. The van der Waals surface area contributed by atoms with E-state index in [-0.39, 0.29) is 169 Å². The van der Waals surface area contributed by atoms with Crippen LogP contribution in [0.25, 0.3) is 4.85 Å². The van der Waals surface area contributed by atoms with Gasteiger partial charge in [0, 0.05) is 128 Å². The molecule has 0 unspecified atom stereocenters. The summed E-state index contributed by atoms with van der Waals surface area (Å²) in [7, 11) is 1.40. The molecule has 6 N–H and O–H groups in total. The predicted molar refractivity (Wildman–Crippen MR) is 397 cm³/mol. The summed E-state index contributed by atoms with van der Waals surface area (Å²) in [6.07, 6.45) is 3.04. The summed E-state index contributed by atoms with van der Waals surface area (Å²) >= 11 is 0. The van der Waals surface area contributed by atoms with Crippen LogP contribution < -0.4 is 25.7 Å². The SMILES string of the molecule is C.CCN(CC)c1ccc(N=Nc2cc([N+](=O)[O-])ccc2O)c(O)c1.CCN(CC)c1ccc(N=Nc2cc([N+](=O)[O-])ccc2O)c(O)c1.[2HH].[C-]#[N+]c1c(C)c(N=Nc2cc(N=C=C)ccc2O)c(O)n(CCCC)c1=O.[CH2-]c1ccc([N+](=O)[O-])cc1N=Nc1c(C)c(C#N)c(=O)n(CCCC)c1OC.[Co].[Co]. The van der Waals surface area contributed by atoms with Crippen LogP contribution in [-0.2, 0) is 46.6 Å². The van der Waals surface area contributed by atoms with Gasteiger partial charge in [0.05, 0.1) is 34.1 Å². The zero-order valence-corrected chi connectivity index (χ0v) is 60.5. The maximum atomic E-state index is 12.6. The number of non-ortho nitro benzene ring substituents is 3. The second-order valence-electron chi connectivity index (χ2n) is 21.7. The van der Waals surface area contributed by atoms with E-state index in [1.165, 1.54) is 73.2 Å². The number of nitriles is 1. The first-order chi connectivity index (χ1) is 49.2. The van der Waals surface area contributed by atoms with Gasteiger partial charge in [-0.15, -0.1) is 30.7 Å². The summed E-state index contributed by atoms with van der Waals surface area (Å²) in [5.41, 5.74) is 2.34. The fourth-order valence-corrected chi connectivity index (χ4v) is 9.45. The Labute approximate surface area is 632 Å². The van der Waals surface area contributed by atoms with Crippen molar-refractivity contribution in [1.29, 1.82) is 5.26 Å². The number of ether oxygens (including phenoxy) is 1. The Morgan fingerprint density at radius 1 is 0.566 bits per heavy atom. The molecule has 8 aromatic rings. The second kappa shape index (κ2) is 43.3. The van der Waals surface area contributed by atoms with E-state index in [9.17, 15) is 75.8 Å². The molecule has 2 aromatic heterocycles. The van der Waals surface area contributed by atoms with Gasteiger partial charge in [0.25, 0.3) is 28.2 Å². The van der Waals surface area contributed by atoms with Crippen molar-refractivity contribution in [2.24, 2.45) is 45.9 Å². The zero-order valence-electron chi connectivity index (χ0n) is 58.5.